The SMILES string of the molecule is Cc1cc(C(=O)Cc2c(Cl)cccc2Cl)ccc1N. The van der Waals surface area contributed by atoms with Crippen molar-refractivity contribution < 1.29 is 4.79 Å². The highest BCUT2D eigenvalue weighted by molar-refractivity contribution is 6.36. The van der Waals surface area contributed by atoms with E-state index in [1.54, 1.807) is 36.4 Å². The van der Waals surface area contributed by atoms with Crippen molar-refractivity contribution in [3.05, 3.63) is 63.1 Å². The third kappa shape index (κ3) is 3.09. The van der Waals surface area contributed by atoms with E-state index in [4.69, 9.17) is 28.9 Å². The van der Waals surface area contributed by atoms with E-state index in [2.05, 4.69) is 0 Å². The predicted molar refractivity (Wildman–Crippen MR) is 80.1 cm³/mol. The third-order valence-electron chi connectivity index (χ3n) is 2.99. The van der Waals surface area contributed by atoms with Crippen LogP contribution in [0.25, 0.3) is 0 Å². The summed E-state index contributed by atoms with van der Waals surface area (Å²) in [6.07, 6.45) is 0.182. The van der Waals surface area contributed by atoms with Crippen LogP contribution in [0.15, 0.2) is 36.4 Å². The summed E-state index contributed by atoms with van der Waals surface area (Å²) in [5, 5.41) is 1.01. The van der Waals surface area contributed by atoms with E-state index in [0.29, 0.717) is 26.9 Å². The highest BCUT2D eigenvalue weighted by atomic mass is 35.5. The summed E-state index contributed by atoms with van der Waals surface area (Å²) in [5.41, 5.74) is 8.57. The summed E-state index contributed by atoms with van der Waals surface area (Å²) < 4.78 is 0. The minimum atomic E-state index is -0.0295. The second kappa shape index (κ2) is 5.64. The molecule has 4 heteroatoms. The quantitative estimate of drug-likeness (QED) is 0.677. The lowest BCUT2D eigenvalue weighted by Crippen LogP contribution is -2.05. The normalized spacial score (nSPS) is 10.5. The molecule has 0 saturated heterocycles. The Balaban J connectivity index is 2.28. The number of carbonyl (C=O) groups is 1. The van der Waals surface area contributed by atoms with Gasteiger partial charge in [-0.2, -0.15) is 0 Å². The second-order valence-corrected chi connectivity index (χ2v) is 5.19. The van der Waals surface area contributed by atoms with E-state index >= 15 is 0 Å². The minimum Gasteiger partial charge on any atom is -0.399 e. The molecule has 0 spiro atoms. The highest BCUT2D eigenvalue weighted by Crippen LogP contribution is 2.26. The van der Waals surface area contributed by atoms with Crippen molar-refractivity contribution in [1.82, 2.24) is 0 Å². The van der Waals surface area contributed by atoms with Crippen LogP contribution in [-0.4, -0.2) is 5.78 Å². The Hall–Kier alpha value is -1.51. The van der Waals surface area contributed by atoms with Gasteiger partial charge in [-0.1, -0.05) is 29.3 Å². The van der Waals surface area contributed by atoms with Gasteiger partial charge in [-0.25, -0.2) is 0 Å². The molecule has 0 radical (unpaired) electrons. The van der Waals surface area contributed by atoms with E-state index < -0.39 is 0 Å². The fourth-order valence-corrected chi connectivity index (χ4v) is 2.34. The number of carbonyl (C=O) groups excluding carboxylic acids is 1. The fourth-order valence-electron chi connectivity index (χ4n) is 1.81. The molecular formula is C15H13Cl2NO. The molecule has 19 heavy (non-hydrogen) atoms. The molecule has 2 rings (SSSR count). The van der Waals surface area contributed by atoms with Crippen molar-refractivity contribution in [2.45, 2.75) is 13.3 Å². The molecule has 0 unspecified atom stereocenters. The van der Waals surface area contributed by atoms with E-state index in [0.717, 1.165) is 5.56 Å². The number of nitrogens with two attached hydrogens (primary N) is 1. The van der Waals surface area contributed by atoms with Crippen molar-refractivity contribution in [1.29, 1.82) is 0 Å². The molecule has 0 aliphatic rings. The molecule has 0 aliphatic heterocycles. The zero-order valence-corrected chi connectivity index (χ0v) is 11.9. The summed E-state index contributed by atoms with van der Waals surface area (Å²) >= 11 is 12.1. The monoisotopic (exact) mass is 293 g/mol. The minimum absolute atomic E-state index is 0.0295. The van der Waals surface area contributed by atoms with Crippen molar-refractivity contribution in [3.63, 3.8) is 0 Å². The molecule has 0 aliphatic carbocycles. The topological polar surface area (TPSA) is 43.1 Å². The van der Waals surface area contributed by atoms with Gasteiger partial charge in [-0.15, -0.1) is 0 Å². The van der Waals surface area contributed by atoms with Gasteiger partial charge in [0.2, 0.25) is 0 Å². The first-order valence-corrected chi connectivity index (χ1v) is 6.57. The van der Waals surface area contributed by atoms with Crippen LogP contribution in [0, 0.1) is 6.92 Å². The summed E-state index contributed by atoms with van der Waals surface area (Å²) in [6.45, 7) is 1.87. The lowest BCUT2D eigenvalue weighted by molar-refractivity contribution is 0.0993. The number of ketones is 1. The van der Waals surface area contributed by atoms with Gasteiger partial charge in [0.05, 0.1) is 0 Å². The Morgan fingerprint density at radius 2 is 1.79 bits per heavy atom. The third-order valence-corrected chi connectivity index (χ3v) is 3.70. The molecule has 2 aromatic carbocycles. The summed E-state index contributed by atoms with van der Waals surface area (Å²) in [7, 11) is 0. The maximum Gasteiger partial charge on any atom is 0.167 e. The van der Waals surface area contributed by atoms with Gasteiger partial charge in [0.25, 0.3) is 0 Å². The maximum absolute atomic E-state index is 12.2. The lowest BCUT2D eigenvalue weighted by atomic mass is 10.0. The van der Waals surface area contributed by atoms with E-state index in [1.165, 1.54) is 0 Å². The Morgan fingerprint density at radius 1 is 1.16 bits per heavy atom. The van der Waals surface area contributed by atoms with E-state index in [1.807, 2.05) is 6.92 Å². The van der Waals surface area contributed by atoms with Crippen LogP contribution >= 0.6 is 23.2 Å². The number of benzene rings is 2. The summed E-state index contributed by atoms with van der Waals surface area (Å²) in [4.78, 5) is 12.2. The molecule has 0 aromatic heterocycles. The Kier molecular flexibility index (Phi) is 4.13. The Bertz CT molecular complexity index is 618. The molecule has 2 N–H and O–H groups in total. The first-order valence-electron chi connectivity index (χ1n) is 5.81. The average molecular weight is 294 g/mol. The van der Waals surface area contributed by atoms with Crippen LogP contribution in [0.3, 0.4) is 0 Å². The van der Waals surface area contributed by atoms with Gasteiger partial charge >= 0.3 is 0 Å². The number of halogens is 2. The van der Waals surface area contributed by atoms with Crippen LogP contribution in [-0.2, 0) is 6.42 Å². The van der Waals surface area contributed by atoms with Crippen molar-refractivity contribution >= 4 is 34.7 Å². The zero-order valence-electron chi connectivity index (χ0n) is 10.4. The maximum atomic E-state index is 12.2. The molecule has 0 saturated carbocycles. The number of nitrogen functional groups attached to an aromatic ring is 1. The zero-order chi connectivity index (χ0) is 14.0. The standard InChI is InChI=1S/C15H13Cl2NO/c1-9-7-10(5-6-14(9)18)15(19)8-11-12(16)3-2-4-13(11)17/h2-7H,8,18H2,1H3. The highest BCUT2D eigenvalue weighted by Gasteiger charge is 2.13. The van der Waals surface area contributed by atoms with Gasteiger partial charge in [0, 0.05) is 27.7 Å². The first kappa shape index (κ1) is 13.9. The molecule has 0 atom stereocenters. The van der Waals surface area contributed by atoms with E-state index in [9.17, 15) is 4.79 Å². The van der Waals surface area contributed by atoms with Crippen molar-refractivity contribution in [2.75, 3.05) is 5.73 Å². The number of Topliss-reactive ketones (excluding diaryl/α,β-unsaturated/α-hetero) is 1. The van der Waals surface area contributed by atoms with Crippen LogP contribution in [0.2, 0.25) is 10.0 Å². The van der Waals surface area contributed by atoms with Gasteiger partial charge in [0.15, 0.2) is 5.78 Å². The van der Waals surface area contributed by atoms with Gasteiger partial charge in [0.1, 0.15) is 0 Å². The average Bonchev–Trinajstić information content (AvgIpc) is 2.37. The molecule has 0 amide bonds. The number of rotatable bonds is 3. The largest absolute Gasteiger partial charge is 0.399 e. The number of anilines is 1. The molecule has 0 fully saturated rings. The molecule has 2 aromatic rings. The van der Waals surface area contributed by atoms with E-state index in [-0.39, 0.29) is 12.2 Å². The van der Waals surface area contributed by atoms with Crippen LogP contribution in [0.5, 0.6) is 0 Å². The molecule has 0 heterocycles. The van der Waals surface area contributed by atoms with Crippen molar-refractivity contribution in [3.8, 4) is 0 Å². The molecule has 2 nitrogen and oxygen atoms in total. The molecule has 98 valence electrons. The van der Waals surface area contributed by atoms with Crippen molar-refractivity contribution in [2.24, 2.45) is 0 Å². The second-order valence-electron chi connectivity index (χ2n) is 4.37. The number of hydrogen-bond donors (Lipinski definition) is 1. The Morgan fingerprint density at radius 3 is 2.37 bits per heavy atom. The van der Waals surface area contributed by atoms with Crippen LogP contribution in [0.4, 0.5) is 5.69 Å². The molecular weight excluding hydrogens is 281 g/mol. The first-order chi connectivity index (χ1) is 8.99. The van der Waals surface area contributed by atoms with Gasteiger partial charge in [-0.3, -0.25) is 4.79 Å². The summed E-state index contributed by atoms with van der Waals surface area (Å²) in [6, 6.07) is 10.4. The van der Waals surface area contributed by atoms with Gasteiger partial charge < -0.3 is 5.73 Å². The molecule has 0 bridgehead atoms. The van der Waals surface area contributed by atoms with Crippen LogP contribution in [0.1, 0.15) is 21.5 Å². The lowest BCUT2D eigenvalue weighted by Gasteiger charge is -2.07. The summed E-state index contributed by atoms with van der Waals surface area (Å²) in [5.74, 6) is -0.0295. The fraction of sp³-hybridized carbons (Fsp3) is 0.133. The smallest absolute Gasteiger partial charge is 0.167 e. The number of hydrogen-bond acceptors (Lipinski definition) is 2. The van der Waals surface area contributed by atoms with Crippen LogP contribution < -0.4 is 5.73 Å². The van der Waals surface area contributed by atoms with Gasteiger partial charge in [-0.05, 0) is 48.4 Å². The number of aryl methyl sites for hydroxylation is 1. The Labute approximate surface area is 122 Å². The predicted octanol–water partition coefficient (Wildman–Crippen LogP) is 4.31.